The van der Waals surface area contributed by atoms with E-state index in [-0.39, 0.29) is 0 Å². The van der Waals surface area contributed by atoms with Crippen LogP contribution in [0.2, 0.25) is 0 Å². The highest BCUT2D eigenvalue weighted by molar-refractivity contribution is 7.99. The predicted octanol–water partition coefficient (Wildman–Crippen LogP) is 4.72. The Balaban J connectivity index is 1.62. The van der Waals surface area contributed by atoms with Crippen LogP contribution < -0.4 is 4.72 Å². The van der Waals surface area contributed by atoms with Crippen LogP contribution in [0.4, 0.5) is 5.69 Å². The van der Waals surface area contributed by atoms with E-state index in [1.54, 1.807) is 18.5 Å². The minimum Gasteiger partial charge on any atom is -0.309 e. The molecule has 8 heteroatoms. The summed E-state index contributed by atoms with van der Waals surface area (Å²) in [6.07, 6.45) is 2.91. The number of anilines is 1. The average Bonchev–Trinajstić information content (AvgIpc) is 3.16. The van der Waals surface area contributed by atoms with E-state index in [2.05, 4.69) is 65.1 Å². The molecule has 0 aliphatic heterocycles. The van der Waals surface area contributed by atoms with Crippen LogP contribution in [0.15, 0.2) is 78.0 Å². The second-order valence-electron chi connectivity index (χ2n) is 7.92. The fourth-order valence-electron chi connectivity index (χ4n) is 3.42. The molecule has 32 heavy (non-hydrogen) atoms. The summed E-state index contributed by atoms with van der Waals surface area (Å²) in [5, 5.41) is 0. The molecule has 4 rings (SSSR count). The molecule has 1 N–H and O–H groups in total. The smallest absolute Gasteiger partial charge is 0.229 e. The van der Waals surface area contributed by atoms with E-state index in [9.17, 15) is 8.42 Å². The third kappa shape index (κ3) is 5.51. The summed E-state index contributed by atoms with van der Waals surface area (Å²) in [6, 6.07) is 22.1. The van der Waals surface area contributed by atoms with Crippen molar-refractivity contribution in [3.63, 3.8) is 0 Å². The minimum atomic E-state index is -3.34. The van der Waals surface area contributed by atoms with E-state index < -0.39 is 10.0 Å². The van der Waals surface area contributed by atoms with Gasteiger partial charge in [0.1, 0.15) is 6.33 Å². The highest BCUT2D eigenvalue weighted by Crippen LogP contribution is 2.28. The Morgan fingerprint density at radius 1 is 1.00 bits per heavy atom. The maximum Gasteiger partial charge on any atom is 0.229 e. The Labute approximate surface area is 193 Å². The third-order valence-corrected chi connectivity index (χ3v) is 6.57. The summed E-state index contributed by atoms with van der Waals surface area (Å²) in [4.78, 5) is 7.96. The maximum atomic E-state index is 11.6. The molecule has 166 valence electrons. The Bertz CT molecular complexity index is 1330. The quantitative estimate of drug-likeness (QED) is 0.381. The summed E-state index contributed by atoms with van der Waals surface area (Å²) in [5.41, 5.74) is 5.45. The van der Waals surface area contributed by atoms with E-state index in [0.29, 0.717) is 5.69 Å². The Morgan fingerprint density at radius 2 is 1.75 bits per heavy atom. The van der Waals surface area contributed by atoms with E-state index in [1.807, 2.05) is 34.5 Å². The van der Waals surface area contributed by atoms with Crippen molar-refractivity contribution in [3.8, 4) is 16.8 Å². The SMILES string of the molecule is CN(C)CCSc1ccc(-c2ccc3ncn(-c4cccc(NS(C)(=O)=O)c4)c3c2)cc1. The van der Waals surface area contributed by atoms with Crippen molar-refractivity contribution in [2.45, 2.75) is 4.90 Å². The molecular weight excluding hydrogens is 440 g/mol. The molecule has 0 bridgehead atoms. The zero-order valence-electron chi connectivity index (χ0n) is 18.3. The van der Waals surface area contributed by atoms with Crippen LogP contribution in [0.25, 0.3) is 27.8 Å². The number of nitrogens with zero attached hydrogens (tertiary/aromatic N) is 3. The van der Waals surface area contributed by atoms with Gasteiger partial charge in [0.15, 0.2) is 0 Å². The largest absolute Gasteiger partial charge is 0.309 e. The van der Waals surface area contributed by atoms with Gasteiger partial charge in [0.25, 0.3) is 0 Å². The molecule has 1 aromatic heterocycles. The standard InChI is InChI=1S/C24H26N4O2S2/c1-27(2)13-14-31-22-10-7-18(8-11-22)19-9-12-23-24(15-19)28(17-25-23)21-6-4-5-20(16-21)26-32(3,29)30/h4-12,15-17,26H,13-14H2,1-3H3. The number of fused-ring (bicyclic) bond motifs is 1. The van der Waals surface area contributed by atoms with Gasteiger partial charge >= 0.3 is 0 Å². The fourth-order valence-corrected chi connectivity index (χ4v) is 4.99. The van der Waals surface area contributed by atoms with Crippen molar-refractivity contribution in [1.29, 1.82) is 0 Å². The van der Waals surface area contributed by atoms with Crippen molar-refractivity contribution in [3.05, 3.63) is 73.1 Å². The number of benzene rings is 3. The van der Waals surface area contributed by atoms with Crippen LogP contribution in [0.3, 0.4) is 0 Å². The van der Waals surface area contributed by atoms with Gasteiger partial charge < -0.3 is 4.90 Å². The summed E-state index contributed by atoms with van der Waals surface area (Å²) >= 11 is 1.86. The lowest BCUT2D eigenvalue weighted by Gasteiger charge is -2.10. The second-order valence-corrected chi connectivity index (χ2v) is 10.8. The van der Waals surface area contributed by atoms with E-state index in [1.165, 1.54) is 4.90 Å². The molecule has 1 heterocycles. The molecule has 0 aliphatic rings. The normalized spacial score (nSPS) is 11.9. The van der Waals surface area contributed by atoms with E-state index in [4.69, 9.17) is 0 Å². The summed E-state index contributed by atoms with van der Waals surface area (Å²) < 4.78 is 27.7. The van der Waals surface area contributed by atoms with Crippen molar-refractivity contribution in [2.75, 3.05) is 37.4 Å². The summed E-state index contributed by atoms with van der Waals surface area (Å²) in [6.45, 7) is 1.05. The van der Waals surface area contributed by atoms with Gasteiger partial charge in [-0.05, 0) is 67.7 Å². The van der Waals surface area contributed by atoms with Gasteiger partial charge in [0, 0.05) is 22.9 Å². The molecule has 0 spiro atoms. The van der Waals surface area contributed by atoms with Gasteiger partial charge in [-0.2, -0.15) is 0 Å². The second kappa shape index (κ2) is 9.36. The number of nitrogens with one attached hydrogen (secondary N) is 1. The maximum absolute atomic E-state index is 11.6. The fraction of sp³-hybridized carbons (Fsp3) is 0.208. The van der Waals surface area contributed by atoms with Crippen LogP contribution in [0.1, 0.15) is 0 Å². The molecule has 0 unspecified atom stereocenters. The number of rotatable bonds is 8. The number of sulfonamides is 1. The van der Waals surface area contributed by atoms with Gasteiger partial charge in [-0.25, -0.2) is 13.4 Å². The van der Waals surface area contributed by atoms with Crippen molar-refractivity contribution in [1.82, 2.24) is 14.5 Å². The van der Waals surface area contributed by atoms with Gasteiger partial charge in [-0.15, -0.1) is 11.8 Å². The Kier molecular flexibility index (Phi) is 6.55. The molecular formula is C24H26N4O2S2. The van der Waals surface area contributed by atoms with Gasteiger partial charge in [-0.1, -0.05) is 24.3 Å². The molecule has 0 radical (unpaired) electrons. The van der Waals surface area contributed by atoms with E-state index >= 15 is 0 Å². The van der Waals surface area contributed by atoms with Crippen LogP contribution in [0, 0.1) is 0 Å². The van der Waals surface area contributed by atoms with Crippen LogP contribution >= 0.6 is 11.8 Å². The first-order chi connectivity index (χ1) is 15.3. The number of aromatic nitrogens is 2. The third-order valence-electron chi connectivity index (χ3n) is 4.97. The lowest BCUT2D eigenvalue weighted by atomic mass is 10.1. The zero-order valence-corrected chi connectivity index (χ0v) is 20.0. The van der Waals surface area contributed by atoms with E-state index in [0.717, 1.165) is 46.4 Å². The minimum absolute atomic E-state index is 0.519. The molecule has 4 aromatic rings. The number of hydrogen-bond donors (Lipinski definition) is 1. The lowest BCUT2D eigenvalue weighted by Crippen LogP contribution is -2.14. The molecule has 0 aliphatic carbocycles. The average molecular weight is 467 g/mol. The molecule has 0 atom stereocenters. The molecule has 3 aromatic carbocycles. The Morgan fingerprint density at radius 3 is 2.47 bits per heavy atom. The van der Waals surface area contributed by atoms with Crippen LogP contribution in [-0.2, 0) is 10.0 Å². The summed E-state index contributed by atoms with van der Waals surface area (Å²) in [5.74, 6) is 1.06. The van der Waals surface area contributed by atoms with Crippen molar-refractivity contribution < 1.29 is 8.42 Å². The number of thioether (sulfide) groups is 1. The van der Waals surface area contributed by atoms with Gasteiger partial charge in [0.2, 0.25) is 10.0 Å². The molecule has 0 amide bonds. The first-order valence-electron chi connectivity index (χ1n) is 10.2. The zero-order chi connectivity index (χ0) is 22.7. The Hall–Kier alpha value is -2.81. The van der Waals surface area contributed by atoms with Crippen LogP contribution in [0.5, 0.6) is 0 Å². The molecule has 0 fully saturated rings. The highest BCUT2D eigenvalue weighted by atomic mass is 32.2. The monoisotopic (exact) mass is 466 g/mol. The number of hydrogen-bond acceptors (Lipinski definition) is 5. The predicted molar refractivity (Wildman–Crippen MR) is 134 cm³/mol. The molecule has 6 nitrogen and oxygen atoms in total. The first-order valence-corrected chi connectivity index (χ1v) is 13.1. The summed E-state index contributed by atoms with van der Waals surface area (Å²) in [7, 11) is 0.832. The highest BCUT2D eigenvalue weighted by Gasteiger charge is 2.09. The van der Waals surface area contributed by atoms with Crippen LogP contribution in [-0.4, -0.2) is 55.5 Å². The number of imidazole rings is 1. The van der Waals surface area contributed by atoms with Gasteiger partial charge in [-0.3, -0.25) is 9.29 Å². The van der Waals surface area contributed by atoms with Crippen molar-refractivity contribution >= 4 is 38.5 Å². The van der Waals surface area contributed by atoms with Crippen molar-refractivity contribution in [2.24, 2.45) is 0 Å². The molecule has 0 saturated heterocycles. The lowest BCUT2D eigenvalue weighted by molar-refractivity contribution is 0.437. The van der Waals surface area contributed by atoms with Gasteiger partial charge in [0.05, 0.1) is 23.0 Å². The molecule has 0 saturated carbocycles. The first kappa shape index (κ1) is 22.4. The topological polar surface area (TPSA) is 67.2 Å².